The van der Waals surface area contributed by atoms with Crippen LogP contribution in [0, 0.1) is 0 Å². The van der Waals surface area contributed by atoms with Crippen LogP contribution in [0.3, 0.4) is 0 Å². The van der Waals surface area contributed by atoms with Crippen LogP contribution in [0.2, 0.25) is 0 Å². The van der Waals surface area contributed by atoms with Gasteiger partial charge in [0.2, 0.25) is 5.91 Å². The zero-order valence-electron chi connectivity index (χ0n) is 60.3. The number of rotatable bonds is 71. The van der Waals surface area contributed by atoms with Crippen LogP contribution in [0.1, 0.15) is 393 Å². The number of carbonyl (C=O) groups excluding carboxylic acids is 2. The number of unbranched alkanes of at least 4 members (excludes halogenated alkanes) is 51. The van der Waals surface area contributed by atoms with Crippen molar-refractivity contribution >= 4 is 11.9 Å². The highest BCUT2D eigenvalue weighted by Crippen LogP contribution is 2.24. The van der Waals surface area contributed by atoms with E-state index in [4.69, 9.17) is 14.2 Å². The molecule has 540 valence electrons. The molecule has 0 spiro atoms. The topological polar surface area (TPSA) is 175 Å². The number of hydrogen-bond acceptors (Lipinski definition) is 10. The highest BCUT2D eigenvalue weighted by atomic mass is 16.7. The van der Waals surface area contributed by atoms with Crippen molar-refractivity contribution in [1.29, 1.82) is 0 Å². The zero-order valence-corrected chi connectivity index (χ0v) is 60.3. The van der Waals surface area contributed by atoms with Gasteiger partial charge in [-0.2, -0.15) is 0 Å². The molecule has 1 heterocycles. The minimum atomic E-state index is -1.57. The van der Waals surface area contributed by atoms with Crippen LogP contribution < -0.4 is 5.32 Å². The van der Waals surface area contributed by atoms with Gasteiger partial charge in [-0.1, -0.05) is 339 Å². The molecule has 7 atom stereocenters. The fourth-order valence-electron chi connectivity index (χ4n) is 12.6. The first-order chi connectivity index (χ1) is 45.2. The summed E-state index contributed by atoms with van der Waals surface area (Å²) in [5.74, 6) is -0.174. The van der Waals surface area contributed by atoms with Gasteiger partial charge in [0.05, 0.1) is 32.0 Å². The van der Waals surface area contributed by atoms with E-state index in [1.807, 2.05) is 6.08 Å². The van der Waals surface area contributed by atoms with Gasteiger partial charge in [0, 0.05) is 12.8 Å². The lowest BCUT2D eigenvalue weighted by molar-refractivity contribution is -0.302. The van der Waals surface area contributed by atoms with E-state index in [2.05, 4.69) is 55.6 Å². The van der Waals surface area contributed by atoms with Crippen LogP contribution >= 0.6 is 0 Å². The van der Waals surface area contributed by atoms with Crippen LogP contribution in [0.4, 0.5) is 0 Å². The molecule has 1 aliphatic rings. The number of amides is 1. The van der Waals surface area contributed by atoms with Gasteiger partial charge in [-0.15, -0.1) is 0 Å². The van der Waals surface area contributed by atoms with Crippen molar-refractivity contribution in [3.8, 4) is 0 Å². The minimum Gasteiger partial charge on any atom is -0.466 e. The van der Waals surface area contributed by atoms with Crippen molar-refractivity contribution in [2.75, 3.05) is 19.8 Å². The molecule has 1 aliphatic heterocycles. The van der Waals surface area contributed by atoms with E-state index >= 15 is 0 Å². The predicted molar refractivity (Wildman–Crippen MR) is 389 cm³/mol. The molecule has 0 saturated carbocycles. The summed E-state index contributed by atoms with van der Waals surface area (Å²) in [5.41, 5.74) is 0. The molecule has 0 aromatic rings. The molecule has 1 amide bonds. The maximum atomic E-state index is 13.0. The van der Waals surface area contributed by atoms with Crippen molar-refractivity contribution in [3.63, 3.8) is 0 Å². The van der Waals surface area contributed by atoms with E-state index in [1.54, 1.807) is 6.08 Å². The van der Waals surface area contributed by atoms with E-state index in [0.717, 1.165) is 64.2 Å². The van der Waals surface area contributed by atoms with Gasteiger partial charge < -0.3 is 45.1 Å². The number of aliphatic hydroxyl groups is 5. The lowest BCUT2D eigenvalue weighted by Crippen LogP contribution is -2.60. The fourth-order valence-corrected chi connectivity index (χ4v) is 12.6. The number of nitrogens with one attached hydrogen (secondary N) is 1. The number of aliphatic hydroxyl groups excluding tert-OH is 5. The van der Waals surface area contributed by atoms with Crippen LogP contribution in [0.15, 0.2) is 48.6 Å². The highest BCUT2D eigenvalue weighted by Gasteiger charge is 2.44. The van der Waals surface area contributed by atoms with E-state index in [0.29, 0.717) is 19.4 Å². The second-order valence-electron chi connectivity index (χ2n) is 27.8. The molecule has 0 aliphatic carbocycles. The first-order valence-electron chi connectivity index (χ1n) is 39.9. The van der Waals surface area contributed by atoms with Crippen LogP contribution in [-0.4, -0.2) is 100 Å². The number of carbonyl (C=O) groups is 2. The summed E-state index contributed by atoms with van der Waals surface area (Å²) in [4.78, 5) is 25.1. The van der Waals surface area contributed by atoms with Crippen molar-refractivity contribution in [2.45, 2.75) is 436 Å². The molecule has 0 aromatic carbocycles. The van der Waals surface area contributed by atoms with Crippen molar-refractivity contribution in [1.82, 2.24) is 5.32 Å². The van der Waals surface area contributed by atoms with Gasteiger partial charge in [0.15, 0.2) is 6.29 Å². The Hall–Kier alpha value is -2.38. The van der Waals surface area contributed by atoms with E-state index in [9.17, 15) is 35.1 Å². The Morgan fingerprint density at radius 2 is 0.728 bits per heavy atom. The summed E-state index contributed by atoms with van der Waals surface area (Å²) in [6.07, 6.45) is 83.0. The first-order valence-corrected chi connectivity index (χ1v) is 39.9. The number of ether oxygens (including phenoxy) is 3. The van der Waals surface area contributed by atoms with Crippen molar-refractivity contribution in [3.05, 3.63) is 48.6 Å². The molecule has 1 fully saturated rings. The smallest absolute Gasteiger partial charge is 0.305 e. The quantitative estimate of drug-likeness (QED) is 0.0195. The maximum Gasteiger partial charge on any atom is 0.305 e. The summed E-state index contributed by atoms with van der Waals surface area (Å²) in [6, 6.07) is -0.806. The van der Waals surface area contributed by atoms with Crippen molar-refractivity contribution < 1.29 is 49.3 Å². The fraction of sp³-hybridized carbons (Fsp3) is 0.877. The van der Waals surface area contributed by atoms with E-state index in [-0.39, 0.29) is 18.5 Å². The Bertz CT molecular complexity index is 1670. The minimum absolute atomic E-state index is 0.00294. The summed E-state index contributed by atoms with van der Waals surface area (Å²) in [7, 11) is 0. The highest BCUT2D eigenvalue weighted by molar-refractivity contribution is 5.76. The molecular weight excluding hydrogens is 1150 g/mol. The number of allylic oxidation sites excluding steroid dienone is 7. The normalized spacial score (nSPS) is 17.8. The molecule has 0 radical (unpaired) electrons. The van der Waals surface area contributed by atoms with E-state index in [1.165, 1.54) is 302 Å². The Labute approximate surface area is 567 Å². The molecule has 6 N–H and O–H groups in total. The summed E-state index contributed by atoms with van der Waals surface area (Å²) < 4.78 is 16.7. The first kappa shape index (κ1) is 87.6. The predicted octanol–water partition coefficient (Wildman–Crippen LogP) is 21.5. The summed E-state index contributed by atoms with van der Waals surface area (Å²) in [6.45, 7) is 4.34. The van der Waals surface area contributed by atoms with Crippen LogP contribution in [-0.2, 0) is 23.8 Å². The Balaban J connectivity index is 1.86. The van der Waals surface area contributed by atoms with Gasteiger partial charge in [0.1, 0.15) is 24.4 Å². The Morgan fingerprint density at radius 3 is 1.13 bits per heavy atom. The van der Waals surface area contributed by atoms with Gasteiger partial charge in [-0.05, 0) is 89.9 Å². The van der Waals surface area contributed by atoms with Gasteiger partial charge in [-0.25, -0.2) is 0 Å². The lowest BCUT2D eigenvalue weighted by atomic mass is 9.99. The molecule has 1 saturated heterocycles. The molecule has 11 heteroatoms. The molecule has 0 bridgehead atoms. The third kappa shape index (κ3) is 57.8. The van der Waals surface area contributed by atoms with Crippen LogP contribution in [0.5, 0.6) is 0 Å². The lowest BCUT2D eigenvalue weighted by Gasteiger charge is -2.40. The monoisotopic (exact) mass is 1300 g/mol. The number of hydrogen-bond donors (Lipinski definition) is 6. The third-order valence-electron chi connectivity index (χ3n) is 18.9. The Morgan fingerprint density at radius 1 is 0.402 bits per heavy atom. The van der Waals surface area contributed by atoms with Gasteiger partial charge >= 0.3 is 5.97 Å². The second kappa shape index (κ2) is 70.0. The molecule has 1 rings (SSSR count). The van der Waals surface area contributed by atoms with Crippen LogP contribution in [0.25, 0.3) is 0 Å². The molecule has 0 aromatic heterocycles. The van der Waals surface area contributed by atoms with Gasteiger partial charge in [0.25, 0.3) is 0 Å². The maximum absolute atomic E-state index is 13.0. The van der Waals surface area contributed by atoms with Crippen molar-refractivity contribution in [2.24, 2.45) is 0 Å². The molecule has 11 nitrogen and oxygen atoms in total. The molecule has 92 heavy (non-hydrogen) atoms. The SMILES string of the molecule is CCCCC/C=C\C/C=C\CCCCCCCC(=O)OCCCCCCCCCCCCCCCCCCCC/C=C\CCCCCCCCCCCCCCCCCCCC(=O)NC(COC1OC(CO)C(O)C(O)C1O)C(O)/C=C/CCCCCCCCCC. The average molecular weight is 1300 g/mol. The van der Waals surface area contributed by atoms with Gasteiger partial charge in [-0.3, -0.25) is 9.59 Å². The largest absolute Gasteiger partial charge is 0.466 e. The third-order valence-corrected chi connectivity index (χ3v) is 18.9. The Kier molecular flexibility index (Phi) is 66.6. The molecule has 7 unspecified atom stereocenters. The zero-order chi connectivity index (χ0) is 66.5. The average Bonchev–Trinajstić information content (AvgIpc) is 1.08. The second-order valence-corrected chi connectivity index (χ2v) is 27.8. The number of esters is 1. The standard InChI is InChI=1S/C81H151NO10/c1-3-5-7-9-11-13-15-16-42-46-49-53-57-61-65-69-77(86)90-70-66-62-58-54-50-47-44-41-39-37-35-33-31-29-27-25-23-21-19-17-18-20-22-24-26-28-30-32-34-36-38-40-43-45-48-52-56-60-64-68-76(85)82-73(72-91-81-80(89)79(88)78(87)75(71-83)92-81)74(84)67-63-59-55-51-14-12-10-8-6-4-2/h11,13,16-18,42,63,67,73-75,78-81,83-84,87-89H,3-10,12,14-15,19-41,43-62,64-66,68-72H2,1-2H3,(H,82,85)/b13-11-,18-17-,42-16-,67-63+. The molecular formula is C81H151NO10. The summed E-state index contributed by atoms with van der Waals surface area (Å²) in [5, 5.41) is 54.4. The van der Waals surface area contributed by atoms with E-state index < -0.39 is 49.5 Å². The summed E-state index contributed by atoms with van der Waals surface area (Å²) >= 11 is 0.